The third kappa shape index (κ3) is 1.25. The number of anilines is 1. The van der Waals surface area contributed by atoms with E-state index in [1.54, 1.807) is 18.2 Å². The Hall–Kier alpha value is -1.23. The lowest BCUT2D eigenvalue weighted by Crippen LogP contribution is -1.89. The summed E-state index contributed by atoms with van der Waals surface area (Å²) in [7, 11) is 0. The van der Waals surface area contributed by atoms with Gasteiger partial charge in [0.1, 0.15) is 5.69 Å². The van der Waals surface area contributed by atoms with Gasteiger partial charge in [0.05, 0.1) is 4.70 Å². The van der Waals surface area contributed by atoms with Crippen molar-refractivity contribution in [2.24, 2.45) is 0 Å². The molecule has 0 aliphatic heterocycles. The van der Waals surface area contributed by atoms with Crippen molar-refractivity contribution in [2.45, 2.75) is 6.43 Å². The predicted octanol–water partition coefficient (Wildman–Crippen LogP) is 2.82. The number of aromatic nitrogens is 1. The molecule has 2 nitrogen and oxygen atoms in total. The molecule has 2 N–H and O–H groups in total. The van der Waals surface area contributed by atoms with Gasteiger partial charge in [-0.3, -0.25) is 0 Å². The number of fused-ring (bicyclic) bond motifs is 1. The van der Waals surface area contributed by atoms with E-state index in [9.17, 15) is 8.78 Å². The molecule has 0 spiro atoms. The summed E-state index contributed by atoms with van der Waals surface area (Å²) in [6.07, 6.45) is -2.56. The van der Waals surface area contributed by atoms with Crippen molar-refractivity contribution < 1.29 is 8.78 Å². The van der Waals surface area contributed by atoms with Crippen LogP contribution in [0.25, 0.3) is 10.1 Å². The second-order valence-electron chi connectivity index (χ2n) is 2.59. The normalized spacial score (nSPS) is 11.3. The van der Waals surface area contributed by atoms with Crippen LogP contribution in [0.15, 0.2) is 18.2 Å². The standard InChI is InChI=1S/C8H6F2N2S/c9-8(10)7-6-4(11)2-1-3-5(6)13-12-7/h1-3,8H,11H2. The SMILES string of the molecule is Nc1cccc2snc(C(F)F)c12. The zero-order chi connectivity index (χ0) is 9.42. The highest BCUT2D eigenvalue weighted by atomic mass is 32.1. The summed E-state index contributed by atoms with van der Waals surface area (Å²) in [5.74, 6) is 0. The lowest BCUT2D eigenvalue weighted by atomic mass is 10.2. The van der Waals surface area contributed by atoms with E-state index in [1.165, 1.54) is 0 Å². The van der Waals surface area contributed by atoms with Gasteiger partial charge in [0.2, 0.25) is 0 Å². The molecule has 13 heavy (non-hydrogen) atoms. The minimum absolute atomic E-state index is 0.210. The molecule has 2 aromatic rings. The van der Waals surface area contributed by atoms with Crippen molar-refractivity contribution in [3.8, 4) is 0 Å². The molecule has 0 saturated carbocycles. The first-order chi connectivity index (χ1) is 6.20. The lowest BCUT2D eigenvalue weighted by molar-refractivity contribution is 0.149. The largest absolute Gasteiger partial charge is 0.398 e. The van der Waals surface area contributed by atoms with Crippen molar-refractivity contribution in [3.05, 3.63) is 23.9 Å². The number of rotatable bonds is 1. The number of nitrogen functional groups attached to an aromatic ring is 1. The maximum Gasteiger partial charge on any atom is 0.282 e. The van der Waals surface area contributed by atoms with Crippen LogP contribution in [-0.2, 0) is 0 Å². The number of nitrogens with zero attached hydrogens (tertiary/aromatic N) is 1. The first-order valence-electron chi connectivity index (χ1n) is 3.62. The maximum absolute atomic E-state index is 12.4. The van der Waals surface area contributed by atoms with Crippen molar-refractivity contribution >= 4 is 27.3 Å². The minimum atomic E-state index is -2.56. The average molecular weight is 200 g/mol. The van der Waals surface area contributed by atoms with Crippen LogP contribution in [0.5, 0.6) is 0 Å². The third-order valence-corrected chi connectivity index (χ3v) is 2.59. The quantitative estimate of drug-likeness (QED) is 0.719. The van der Waals surface area contributed by atoms with E-state index in [0.717, 1.165) is 11.5 Å². The summed E-state index contributed by atoms with van der Waals surface area (Å²) in [6.45, 7) is 0. The van der Waals surface area contributed by atoms with Gasteiger partial charge in [0.25, 0.3) is 6.43 Å². The van der Waals surface area contributed by atoms with Gasteiger partial charge < -0.3 is 5.73 Å². The molecule has 0 saturated heterocycles. The number of benzene rings is 1. The lowest BCUT2D eigenvalue weighted by Gasteiger charge is -1.97. The summed E-state index contributed by atoms with van der Waals surface area (Å²) in [4.78, 5) is 0. The molecular weight excluding hydrogens is 194 g/mol. The highest BCUT2D eigenvalue weighted by Gasteiger charge is 2.16. The number of halogens is 2. The van der Waals surface area contributed by atoms with Crippen LogP contribution in [0.2, 0.25) is 0 Å². The maximum atomic E-state index is 12.4. The van der Waals surface area contributed by atoms with E-state index in [4.69, 9.17) is 5.73 Å². The zero-order valence-electron chi connectivity index (χ0n) is 6.50. The van der Waals surface area contributed by atoms with E-state index in [-0.39, 0.29) is 5.69 Å². The summed E-state index contributed by atoms with van der Waals surface area (Å²) in [5, 5.41) is 0.391. The second kappa shape index (κ2) is 2.92. The molecule has 0 bridgehead atoms. The third-order valence-electron chi connectivity index (χ3n) is 1.76. The average Bonchev–Trinajstić information content (AvgIpc) is 2.49. The first kappa shape index (κ1) is 8.37. The molecule has 0 unspecified atom stereocenters. The molecular formula is C8H6F2N2S. The number of hydrogen-bond acceptors (Lipinski definition) is 3. The van der Waals surface area contributed by atoms with Crippen LogP contribution in [0.4, 0.5) is 14.5 Å². The summed E-state index contributed by atoms with van der Waals surface area (Å²) in [5.41, 5.74) is 5.73. The molecule has 1 aromatic carbocycles. The molecule has 5 heteroatoms. The Morgan fingerprint density at radius 3 is 2.85 bits per heavy atom. The summed E-state index contributed by atoms with van der Waals surface area (Å²) < 4.78 is 29.2. The zero-order valence-corrected chi connectivity index (χ0v) is 7.31. The summed E-state index contributed by atoms with van der Waals surface area (Å²) >= 11 is 1.05. The first-order valence-corrected chi connectivity index (χ1v) is 4.39. The highest BCUT2D eigenvalue weighted by Crippen LogP contribution is 2.33. The van der Waals surface area contributed by atoms with Gasteiger partial charge >= 0.3 is 0 Å². The topological polar surface area (TPSA) is 38.9 Å². The van der Waals surface area contributed by atoms with Crippen LogP contribution in [0.1, 0.15) is 12.1 Å². The Morgan fingerprint density at radius 2 is 2.15 bits per heavy atom. The molecule has 0 amide bonds. The van der Waals surface area contributed by atoms with Gasteiger partial charge in [-0.1, -0.05) is 6.07 Å². The minimum Gasteiger partial charge on any atom is -0.398 e. The predicted molar refractivity (Wildman–Crippen MR) is 49.0 cm³/mol. The fraction of sp³-hybridized carbons (Fsp3) is 0.125. The fourth-order valence-corrected chi connectivity index (χ4v) is 2.01. The molecule has 0 aliphatic rings. The molecule has 1 heterocycles. The Kier molecular flexibility index (Phi) is 1.88. The van der Waals surface area contributed by atoms with Crippen LogP contribution in [-0.4, -0.2) is 4.37 Å². The van der Waals surface area contributed by atoms with E-state index in [1.807, 2.05) is 0 Å². The summed E-state index contributed by atoms with van der Waals surface area (Å²) in [6, 6.07) is 5.06. The fourth-order valence-electron chi connectivity index (χ4n) is 1.19. The van der Waals surface area contributed by atoms with Crippen LogP contribution in [0.3, 0.4) is 0 Å². The van der Waals surface area contributed by atoms with Gasteiger partial charge in [-0.2, -0.15) is 4.37 Å². The van der Waals surface area contributed by atoms with Gasteiger partial charge in [-0.05, 0) is 23.7 Å². The smallest absolute Gasteiger partial charge is 0.282 e. The number of hydrogen-bond donors (Lipinski definition) is 1. The van der Waals surface area contributed by atoms with Crippen molar-refractivity contribution in [2.75, 3.05) is 5.73 Å². The van der Waals surface area contributed by atoms with Gasteiger partial charge in [-0.25, -0.2) is 8.78 Å². The number of alkyl halides is 2. The van der Waals surface area contributed by atoms with Gasteiger partial charge in [0.15, 0.2) is 0 Å². The van der Waals surface area contributed by atoms with E-state index in [2.05, 4.69) is 4.37 Å². The van der Waals surface area contributed by atoms with Gasteiger partial charge in [-0.15, -0.1) is 0 Å². The molecule has 0 radical (unpaired) electrons. The molecule has 0 aliphatic carbocycles. The van der Waals surface area contributed by atoms with E-state index < -0.39 is 6.43 Å². The molecule has 0 atom stereocenters. The Balaban J connectivity index is 2.79. The van der Waals surface area contributed by atoms with E-state index in [0.29, 0.717) is 15.8 Å². The van der Waals surface area contributed by atoms with Crippen LogP contribution in [0, 0.1) is 0 Å². The molecule has 68 valence electrons. The van der Waals surface area contributed by atoms with Crippen molar-refractivity contribution in [3.63, 3.8) is 0 Å². The van der Waals surface area contributed by atoms with E-state index >= 15 is 0 Å². The monoisotopic (exact) mass is 200 g/mol. The molecule has 0 fully saturated rings. The molecule has 2 rings (SSSR count). The Labute approximate surface area is 77.2 Å². The molecule has 1 aromatic heterocycles. The van der Waals surface area contributed by atoms with Crippen molar-refractivity contribution in [1.29, 1.82) is 0 Å². The highest BCUT2D eigenvalue weighted by molar-refractivity contribution is 7.13. The Morgan fingerprint density at radius 1 is 1.38 bits per heavy atom. The van der Waals surface area contributed by atoms with Crippen molar-refractivity contribution in [1.82, 2.24) is 4.37 Å². The van der Waals surface area contributed by atoms with Crippen LogP contribution < -0.4 is 5.73 Å². The van der Waals surface area contributed by atoms with Crippen LogP contribution >= 0.6 is 11.5 Å². The Bertz CT molecular complexity index is 439. The second-order valence-corrected chi connectivity index (χ2v) is 3.39. The van der Waals surface area contributed by atoms with Gasteiger partial charge in [0, 0.05) is 11.1 Å². The number of nitrogens with two attached hydrogens (primary N) is 1.